The molecule has 0 spiro atoms. The van der Waals surface area contributed by atoms with Gasteiger partial charge in [0, 0.05) is 12.4 Å². The normalized spacial score (nSPS) is 11.1. The Kier molecular flexibility index (Phi) is 5.70. The molecule has 3 rings (SSSR count). The molecule has 1 aromatic heterocycles. The van der Waals surface area contributed by atoms with Crippen molar-refractivity contribution in [1.82, 2.24) is 4.98 Å². The molecule has 8 heteroatoms. The van der Waals surface area contributed by atoms with Crippen molar-refractivity contribution in [2.75, 3.05) is 16.2 Å². The van der Waals surface area contributed by atoms with Crippen LogP contribution >= 0.6 is 0 Å². The number of pyridine rings is 1. The van der Waals surface area contributed by atoms with Crippen LogP contribution in [0.2, 0.25) is 0 Å². The first-order valence-corrected chi connectivity index (χ1v) is 9.86. The number of anilines is 2. The summed E-state index contributed by atoms with van der Waals surface area (Å²) in [5, 5.41) is 2.43. The monoisotopic (exact) mass is 399 g/mol. The van der Waals surface area contributed by atoms with E-state index in [2.05, 4.69) is 10.3 Å². The van der Waals surface area contributed by atoms with Crippen molar-refractivity contribution in [2.24, 2.45) is 0 Å². The molecule has 0 radical (unpaired) electrons. The third-order valence-electron chi connectivity index (χ3n) is 3.97. The molecule has 1 amide bonds. The van der Waals surface area contributed by atoms with Crippen molar-refractivity contribution in [2.45, 2.75) is 11.8 Å². The largest absolute Gasteiger partial charge is 0.322 e. The lowest BCUT2D eigenvalue weighted by Gasteiger charge is -2.24. The van der Waals surface area contributed by atoms with E-state index in [1.807, 2.05) is 0 Å². The zero-order valence-corrected chi connectivity index (χ0v) is 15.9. The maximum absolute atomic E-state index is 14.0. The summed E-state index contributed by atoms with van der Waals surface area (Å²) in [6.07, 6.45) is 2.86. The van der Waals surface area contributed by atoms with Gasteiger partial charge in [0.25, 0.3) is 10.0 Å². The van der Waals surface area contributed by atoms with Gasteiger partial charge in [0.1, 0.15) is 12.4 Å². The smallest absolute Gasteiger partial charge is 0.264 e. The van der Waals surface area contributed by atoms with Gasteiger partial charge in [-0.15, -0.1) is 0 Å². The van der Waals surface area contributed by atoms with Gasteiger partial charge in [0.2, 0.25) is 5.91 Å². The van der Waals surface area contributed by atoms with Crippen LogP contribution in [-0.4, -0.2) is 25.9 Å². The molecule has 0 atom stereocenters. The Morgan fingerprint density at radius 3 is 2.39 bits per heavy atom. The number of aryl methyl sites for hydroxylation is 1. The maximum atomic E-state index is 14.0. The zero-order chi connectivity index (χ0) is 20.1. The van der Waals surface area contributed by atoms with E-state index < -0.39 is 28.3 Å². The average Bonchev–Trinajstić information content (AvgIpc) is 2.69. The number of hydrogen-bond acceptors (Lipinski definition) is 4. The molecule has 0 saturated carbocycles. The standard InChI is InChI=1S/C20H18FN3O3S/c1-15-7-8-19(18(21)13-15)23-20(25)14-24(16-9-11-22-12-10-16)28(26,27)17-5-3-2-4-6-17/h2-13H,14H2,1H3,(H,23,25). The summed E-state index contributed by atoms with van der Waals surface area (Å²) in [6.45, 7) is 1.21. The first kappa shape index (κ1) is 19.5. The minimum Gasteiger partial charge on any atom is -0.322 e. The van der Waals surface area contributed by atoms with Gasteiger partial charge in [-0.2, -0.15) is 0 Å². The van der Waals surface area contributed by atoms with Crippen LogP contribution in [0, 0.1) is 12.7 Å². The Morgan fingerprint density at radius 1 is 1.07 bits per heavy atom. The van der Waals surface area contributed by atoms with E-state index in [4.69, 9.17) is 0 Å². The predicted molar refractivity (Wildman–Crippen MR) is 105 cm³/mol. The van der Waals surface area contributed by atoms with Crippen LogP contribution in [0.4, 0.5) is 15.8 Å². The van der Waals surface area contributed by atoms with E-state index in [-0.39, 0.29) is 16.3 Å². The molecule has 6 nitrogen and oxygen atoms in total. The molecule has 1 N–H and O–H groups in total. The number of nitrogens with one attached hydrogen (secondary N) is 1. The summed E-state index contributed by atoms with van der Waals surface area (Å²) in [4.78, 5) is 16.4. The van der Waals surface area contributed by atoms with E-state index in [9.17, 15) is 17.6 Å². The quantitative estimate of drug-likeness (QED) is 0.689. The van der Waals surface area contributed by atoms with Gasteiger partial charge in [-0.05, 0) is 48.9 Å². The molecule has 0 bridgehead atoms. The topological polar surface area (TPSA) is 79.4 Å². The average molecular weight is 399 g/mol. The second kappa shape index (κ2) is 8.18. The minimum atomic E-state index is -4.01. The van der Waals surface area contributed by atoms with E-state index >= 15 is 0 Å². The highest BCUT2D eigenvalue weighted by Gasteiger charge is 2.27. The highest BCUT2D eigenvalue weighted by Crippen LogP contribution is 2.23. The number of benzene rings is 2. The van der Waals surface area contributed by atoms with Gasteiger partial charge >= 0.3 is 0 Å². The summed E-state index contributed by atoms with van der Waals surface area (Å²) >= 11 is 0. The van der Waals surface area contributed by atoms with Crippen molar-refractivity contribution in [3.8, 4) is 0 Å². The second-order valence-electron chi connectivity index (χ2n) is 6.06. The highest BCUT2D eigenvalue weighted by atomic mass is 32.2. The minimum absolute atomic E-state index is 0.0117. The molecule has 0 saturated heterocycles. The van der Waals surface area contributed by atoms with Crippen molar-refractivity contribution in [3.63, 3.8) is 0 Å². The van der Waals surface area contributed by atoms with Gasteiger partial charge in [0.05, 0.1) is 16.3 Å². The number of rotatable bonds is 6. The van der Waals surface area contributed by atoms with Crippen LogP contribution in [0.15, 0.2) is 78.0 Å². The first-order chi connectivity index (χ1) is 13.4. The van der Waals surface area contributed by atoms with Crippen LogP contribution in [0.25, 0.3) is 0 Å². The van der Waals surface area contributed by atoms with Gasteiger partial charge in [-0.1, -0.05) is 24.3 Å². The van der Waals surface area contributed by atoms with Gasteiger partial charge in [0.15, 0.2) is 0 Å². The highest BCUT2D eigenvalue weighted by molar-refractivity contribution is 7.92. The molecule has 0 aliphatic rings. The summed E-state index contributed by atoms with van der Waals surface area (Å²) in [6, 6.07) is 15.1. The summed E-state index contributed by atoms with van der Waals surface area (Å²) in [7, 11) is -4.01. The van der Waals surface area contributed by atoms with Crippen molar-refractivity contribution in [1.29, 1.82) is 0 Å². The summed E-state index contributed by atoms with van der Waals surface area (Å²) in [5.74, 6) is -1.26. The number of sulfonamides is 1. The maximum Gasteiger partial charge on any atom is 0.264 e. The van der Waals surface area contributed by atoms with E-state index in [0.717, 1.165) is 4.31 Å². The number of carbonyl (C=O) groups is 1. The van der Waals surface area contributed by atoms with Crippen LogP contribution < -0.4 is 9.62 Å². The fraction of sp³-hybridized carbons (Fsp3) is 0.100. The van der Waals surface area contributed by atoms with Crippen LogP contribution in [0.3, 0.4) is 0 Å². The van der Waals surface area contributed by atoms with Gasteiger partial charge in [-0.25, -0.2) is 12.8 Å². The molecule has 2 aromatic carbocycles. The van der Waals surface area contributed by atoms with Crippen molar-refractivity contribution >= 4 is 27.3 Å². The molecular formula is C20H18FN3O3S. The van der Waals surface area contributed by atoms with Crippen molar-refractivity contribution in [3.05, 3.63) is 84.4 Å². The third kappa shape index (κ3) is 4.34. The molecule has 0 fully saturated rings. The molecule has 28 heavy (non-hydrogen) atoms. The SMILES string of the molecule is Cc1ccc(NC(=O)CN(c2ccncc2)S(=O)(=O)c2ccccc2)c(F)c1. The number of carbonyl (C=O) groups excluding carboxylic acids is 1. The number of nitrogens with zero attached hydrogens (tertiary/aromatic N) is 2. The second-order valence-corrected chi connectivity index (χ2v) is 7.92. The van der Waals surface area contributed by atoms with Crippen LogP contribution in [0.5, 0.6) is 0 Å². The number of aromatic nitrogens is 1. The van der Waals surface area contributed by atoms with E-state index in [1.54, 1.807) is 31.2 Å². The van der Waals surface area contributed by atoms with E-state index in [0.29, 0.717) is 5.56 Å². The lowest BCUT2D eigenvalue weighted by Crippen LogP contribution is -2.38. The molecule has 144 valence electrons. The summed E-state index contributed by atoms with van der Waals surface area (Å²) in [5.41, 5.74) is 0.973. The summed E-state index contributed by atoms with van der Waals surface area (Å²) < 4.78 is 41.1. The first-order valence-electron chi connectivity index (χ1n) is 8.42. The van der Waals surface area contributed by atoms with Crippen molar-refractivity contribution < 1.29 is 17.6 Å². The van der Waals surface area contributed by atoms with Crippen LogP contribution in [0.1, 0.15) is 5.56 Å². The number of amides is 1. The van der Waals surface area contributed by atoms with Crippen LogP contribution in [-0.2, 0) is 14.8 Å². The lowest BCUT2D eigenvalue weighted by molar-refractivity contribution is -0.114. The zero-order valence-electron chi connectivity index (χ0n) is 15.0. The Morgan fingerprint density at radius 2 is 1.75 bits per heavy atom. The molecule has 0 aliphatic carbocycles. The Hall–Kier alpha value is -3.26. The fourth-order valence-corrected chi connectivity index (χ4v) is 4.03. The molecule has 1 heterocycles. The number of hydrogen-bond donors (Lipinski definition) is 1. The van der Waals surface area contributed by atoms with Gasteiger partial charge < -0.3 is 5.32 Å². The fourth-order valence-electron chi connectivity index (χ4n) is 2.59. The van der Waals surface area contributed by atoms with Gasteiger partial charge in [-0.3, -0.25) is 14.1 Å². The molecule has 0 aliphatic heterocycles. The predicted octanol–water partition coefficient (Wildman–Crippen LogP) is 3.36. The number of halogens is 1. The molecule has 0 unspecified atom stereocenters. The Bertz CT molecular complexity index is 1070. The molecule has 3 aromatic rings. The lowest BCUT2D eigenvalue weighted by atomic mass is 10.2. The third-order valence-corrected chi connectivity index (χ3v) is 5.76. The Labute approximate surface area is 162 Å². The Balaban J connectivity index is 1.91. The molecular weight excluding hydrogens is 381 g/mol. The van der Waals surface area contributed by atoms with E-state index in [1.165, 1.54) is 48.8 Å².